The lowest BCUT2D eigenvalue weighted by Gasteiger charge is -2.31. The first-order chi connectivity index (χ1) is 42.7. The Bertz CT molecular complexity index is 4750. The van der Waals surface area contributed by atoms with Gasteiger partial charge in [-0.25, -0.2) is 0 Å². The van der Waals surface area contributed by atoms with Gasteiger partial charge in [-0.15, -0.1) is 0 Å². The average molecular weight is 1120 g/mol. The third-order valence-corrected chi connectivity index (χ3v) is 18.3. The van der Waals surface area contributed by atoms with Crippen molar-refractivity contribution in [1.29, 1.82) is 0 Å². The molecular formula is C82H62N4O. The van der Waals surface area contributed by atoms with Crippen LogP contribution in [0.3, 0.4) is 0 Å². The Morgan fingerprint density at radius 1 is 0.230 bits per heavy atom. The fourth-order valence-corrected chi connectivity index (χ4v) is 14.2. The second kappa shape index (κ2) is 20.4. The van der Waals surface area contributed by atoms with Crippen LogP contribution in [0.5, 0.6) is 0 Å². The zero-order chi connectivity index (χ0) is 58.4. The Morgan fingerprint density at radius 3 is 1.06 bits per heavy atom. The molecule has 0 bridgehead atoms. The van der Waals surface area contributed by atoms with Crippen LogP contribution in [-0.2, 0) is 10.8 Å². The number of rotatable bonds is 12. The summed E-state index contributed by atoms with van der Waals surface area (Å²) in [7, 11) is 0. The van der Waals surface area contributed by atoms with E-state index in [1.807, 2.05) is 0 Å². The molecule has 0 N–H and O–H groups in total. The fraction of sp³-hybridized carbons (Fsp3) is 0.0732. The molecule has 14 aromatic rings. The van der Waals surface area contributed by atoms with Crippen molar-refractivity contribution in [3.05, 3.63) is 326 Å². The quantitative estimate of drug-likeness (QED) is 0.121. The van der Waals surface area contributed by atoms with Crippen LogP contribution in [-0.4, -0.2) is 0 Å². The first-order valence-corrected chi connectivity index (χ1v) is 30.2. The van der Waals surface area contributed by atoms with Gasteiger partial charge in [0.1, 0.15) is 0 Å². The minimum absolute atomic E-state index is 0.243. The summed E-state index contributed by atoms with van der Waals surface area (Å²) < 4.78 is 7.89. The molecule has 0 aliphatic heterocycles. The van der Waals surface area contributed by atoms with E-state index in [-0.39, 0.29) is 10.8 Å². The Morgan fingerprint density at radius 2 is 0.586 bits per heavy atom. The summed E-state index contributed by atoms with van der Waals surface area (Å²) in [5.74, 6) is 0. The van der Waals surface area contributed by atoms with E-state index in [1.165, 1.54) is 44.5 Å². The second-order valence-corrected chi connectivity index (χ2v) is 24.1. The van der Waals surface area contributed by atoms with Gasteiger partial charge in [0.05, 0.1) is 17.1 Å². The average Bonchev–Trinajstić information content (AvgIpc) is 1.67. The molecule has 0 radical (unpaired) electrons. The molecule has 16 rings (SSSR count). The molecule has 0 spiro atoms. The molecule has 0 atom stereocenters. The first kappa shape index (κ1) is 51.7. The van der Waals surface area contributed by atoms with Gasteiger partial charge >= 0.3 is 0 Å². The van der Waals surface area contributed by atoms with Crippen molar-refractivity contribution < 1.29 is 4.42 Å². The van der Waals surface area contributed by atoms with E-state index >= 15 is 0 Å². The first-order valence-electron chi connectivity index (χ1n) is 30.2. The molecule has 5 heteroatoms. The Balaban J connectivity index is 1.05. The molecule has 1 heterocycles. The zero-order valence-corrected chi connectivity index (χ0v) is 49.1. The van der Waals surface area contributed by atoms with Gasteiger partial charge in [0, 0.05) is 78.2 Å². The van der Waals surface area contributed by atoms with Crippen molar-refractivity contribution in [2.24, 2.45) is 0 Å². The van der Waals surface area contributed by atoms with Crippen molar-refractivity contribution in [1.82, 2.24) is 0 Å². The normalized spacial score (nSPS) is 13.2. The van der Waals surface area contributed by atoms with Gasteiger partial charge in [0.2, 0.25) is 0 Å². The van der Waals surface area contributed by atoms with Crippen molar-refractivity contribution >= 4 is 101 Å². The van der Waals surface area contributed by atoms with Crippen LogP contribution in [0.4, 0.5) is 68.2 Å². The van der Waals surface area contributed by atoms with Crippen LogP contribution >= 0.6 is 0 Å². The highest BCUT2D eigenvalue weighted by Crippen LogP contribution is 2.56. The lowest BCUT2D eigenvalue weighted by molar-refractivity contribution is 0.660. The molecule has 5 nitrogen and oxygen atoms in total. The largest absolute Gasteiger partial charge is 0.452 e. The summed E-state index contributed by atoms with van der Waals surface area (Å²) in [6, 6.07) is 111. The lowest BCUT2D eigenvalue weighted by Crippen LogP contribution is -2.18. The summed E-state index contributed by atoms with van der Waals surface area (Å²) in [5, 5.41) is 4.21. The van der Waals surface area contributed by atoms with E-state index in [2.05, 4.69) is 351 Å². The maximum absolute atomic E-state index is 7.89. The number of nitrogens with zero attached hydrogens (tertiary/aromatic N) is 4. The molecule has 2 aliphatic rings. The van der Waals surface area contributed by atoms with Crippen molar-refractivity contribution in [2.75, 3.05) is 19.6 Å². The summed E-state index contributed by atoms with van der Waals surface area (Å²) in [5.41, 5.74) is 23.5. The molecule has 0 saturated carbocycles. The van der Waals surface area contributed by atoms with Gasteiger partial charge in [0.25, 0.3) is 0 Å². The fourth-order valence-electron chi connectivity index (χ4n) is 14.2. The maximum atomic E-state index is 7.89. The van der Waals surface area contributed by atoms with Crippen LogP contribution in [0.2, 0.25) is 0 Å². The summed E-state index contributed by atoms with van der Waals surface area (Å²) in [6.45, 7) is 9.50. The number of furan rings is 1. The Kier molecular flexibility index (Phi) is 12.2. The zero-order valence-electron chi connectivity index (χ0n) is 49.1. The molecule has 13 aromatic carbocycles. The topological polar surface area (TPSA) is 26.1 Å². The van der Waals surface area contributed by atoms with Gasteiger partial charge in [0.15, 0.2) is 11.2 Å². The molecule has 87 heavy (non-hydrogen) atoms. The van der Waals surface area contributed by atoms with E-state index in [4.69, 9.17) is 4.42 Å². The van der Waals surface area contributed by atoms with Gasteiger partial charge in [-0.3, -0.25) is 0 Å². The molecule has 2 aliphatic carbocycles. The molecule has 0 fully saturated rings. The van der Waals surface area contributed by atoms with Gasteiger partial charge in [-0.1, -0.05) is 216 Å². The molecule has 0 saturated heterocycles. The van der Waals surface area contributed by atoms with E-state index in [0.29, 0.717) is 0 Å². The second-order valence-electron chi connectivity index (χ2n) is 24.1. The molecule has 0 amide bonds. The minimum atomic E-state index is -0.243. The number of benzene rings is 13. The van der Waals surface area contributed by atoms with E-state index in [0.717, 1.165) is 101 Å². The monoisotopic (exact) mass is 1120 g/mol. The smallest absolute Gasteiger partial charge is 0.159 e. The van der Waals surface area contributed by atoms with E-state index in [1.54, 1.807) is 0 Å². The summed E-state index contributed by atoms with van der Waals surface area (Å²) in [4.78, 5) is 9.65. The third kappa shape index (κ3) is 8.44. The highest BCUT2D eigenvalue weighted by Gasteiger charge is 2.39. The predicted octanol–water partition coefficient (Wildman–Crippen LogP) is 23.2. The summed E-state index contributed by atoms with van der Waals surface area (Å²) >= 11 is 0. The predicted molar refractivity (Wildman–Crippen MR) is 365 cm³/mol. The highest BCUT2D eigenvalue weighted by molar-refractivity contribution is 6.18. The molecule has 0 unspecified atom stereocenters. The maximum Gasteiger partial charge on any atom is 0.159 e. The standard InChI is InChI=1S/C82H62N4O/c1-81(2)72-42-24-22-40-66(72)68-47-45-61(51-74(68)81)84(62-46-48-69-67-41-23-25-43-73(67)82(3,4)75(69)52-62)64-50-70-71-49-63(83(56-29-10-5-11-30-56)57-31-12-6-13-32-57)54-78(86(60-37-18-9-19-38-60)76-44-26-28-55-27-20-21-39-65(55)76)80(71)87-79(70)77(53-64)85(58-33-14-7-15-34-58)59-35-16-8-17-36-59/h5-54H,1-4H3. The van der Waals surface area contributed by atoms with Crippen LogP contribution < -0.4 is 19.6 Å². The van der Waals surface area contributed by atoms with E-state index in [9.17, 15) is 0 Å². The third-order valence-electron chi connectivity index (χ3n) is 18.3. The highest BCUT2D eigenvalue weighted by atomic mass is 16.3. The molecule has 416 valence electrons. The van der Waals surface area contributed by atoms with Gasteiger partial charge in [-0.2, -0.15) is 0 Å². The number of fused-ring (bicyclic) bond motifs is 10. The van der Waals surface area contributed by atoms with Crippen LogP contribution in [0.1, 0.15) is 49.9 Å². The SMILES string of the molecule is CC1(C)c2ccccc2-c2ccc(N(c3ccc4c(c3)C(C)(C)c3ccccc3-4)c3cc(N(c4ccccc4)c4ccccc4)c4oc5c(N(c6ccccc6)c6cccc7ccccc67)cc(N(c6ccccc6)c6ccccc6)cc5c4c3)cc21. The van der Waals surface area contributed by atoms with E-state index < -0.39 is 0 Å². The Hall–Kier alpha value is -10.9. The van der Waals surface area contributed by atoms with Gasteiger partial charge < -0.3 is 24.0 Å². The van der Waals surface area contributed by atoms with Crippen molar-refractivity contribution in [3.8, 4) is 22.3 Å². The summed E-state index contributed by atoms with van der Waals surface area (Å²) in [6.07, 6.45) is 0. The number of anilines is 12. The van der Waals surface area contributed by atoms with Crippen molar-refractivity contribution in [3.63, 3.8) is 0 Å². The molecular weight excluding hydrogens is 1060 g/mol. The van der Waals surface area contributed by atoms with Crippen LogP contribution in [0.15, 0.2) is 308 Å². The number of para-hydroxylation sites is 5. The van der Waals surface area contributed by atoms with Crippen molar-refractivity contribution in [2.45, 2.75) is 38.5 Å². The number of hydrogen-bond acceptors (Lipinski definition) is 5. The van der Waals surface area contributed by atoms with Gasteiger partial charge in [-0.05, 0) is 165 Å². The number of hydrogen-bond donors (Lipinski definition) is 0. The minimum Gasteiger partial charge on any atom is -0.452 e. The molecule has 1 aromatic heterocycles. The van der Waals surface area contributed by atoms with Crippen LogP contribution in [0.25, 0.3) is 55.0 Å². The van der Waals surface area contributed by atoms with Crippen LogP contribution in [0, 0.1) is 0 Å². The lowest BCUT2D eigenvalue weighted by atomic mass is 9.82. The Labute approximate surface area is 508 Å².